The molecule has 19 nitrogen and oxygen atoms in total. The lowest BCUT2D eigenvalue weighted by Crippen LogP contribution is -2.57. The molecule has 1 aromatic heterocycles. The molecule has 1 aromatic carbocycles. The van der Waals surface area contributed by atoms with E-state index in [0.717, 1.165) is 18.4 Å². The number of carbonyl (C=O) groups is 5. The Bertz CT molecular complexity index is 1670. The van der Waals surface area contributed by atoms with Crippen LogP contribution in [0, 0.1) is 0 Å². The fraction of sp³-hybridized carbons (Fsp3) is 0.568. The second-order valence-corrected chi connectivity index (χ2v) is 14.9. The van der Waals surface area contributed by atoms with Gasteiger partial charge in [-0.2, -0.15) is 0 Å². The lowest BCUT2D eigenvalue weighted by molar-refractivity contribution is -0.134. The van der Waals surface area contributed by atoms with Crippen molar-refractivity contribution >= 4 is 43.5 Å². The van der Waals surface area contributed by atoms with E-state index in [2.05, 4.69) is 15.2 Å². The minimum Gasteiger partial charge on any atom is -0.449 e. The molecule has 3 amide bonds. The van der Waals surface area contributed by atoms with Crippen molar-refractivity contribution in [1.82, 2.24) is 20.1 Å². The van der Waals surface area contributed by atoms with Crippen LogP contribution in [0.5, 0.6) is 0 Å². The lowest BCUT2D eigenvalue weighted by atomic mass is 10.1. The van der Waals surface area contributed by atoms with Crippen LogP contribution in [0.3, 0.4) is 0 Å². The first-order valence-electron chi connectivity index (χ1n) is 18.8. The van der Waals surface area contributed by atoms with Gasteiger partial charge in [-0.3, -0.25) is 23.2 Å². The first-order valence-corrected chi connectivity index (χ1v) is 20.6. The number of rotatable bonds is 19. The van der Waals surface area contributed by atoms with E-state index in [-0.39, 0.29) is 57.8 Å². The number of benzene rings is 1. The standard InChI is InChI=1S/C37H52N5O14P/c1-5-8-20-52-35(45)41-18-16-40(17-19-41)34(44)32(24-57(48,55-25-53-36(46)50-6-2)56-26-54-37(47)51-7-3)39-33(43)31-22-28(42-15-14-29(23-42)49-4)21-30(38-31)27-12-10-9-11-13-27/h9-13,21-22,29,32H,5-8,14-20,23-26H2,1-4H3,(H,39,43)/t29-,32-/m0/s1. The average molecular weight is 822 g/mol. The number of carbonyl (C=O) groups excluding carboxylic acids is 5. The van der Waals surface area contributed by atoms with Gasteiger partial charge in [0.1, 0.15) is 11.7 Å². The molecule has 2 aliphatic rings. The van der Waals surface area contributed by atoms with E-state index < -0.39 is 63.6 Å². The maximum absolute atomic E-state index is 14.3. The van der Waals surface area contributed by atoms with Gasteiger partial charge in [-0.25, -0.2) is 19.4 Å². The molecule has 0 bridgehead atoms. The van der Waals surface area contributed by atoms with E-state index in [1.54, 1.807) is 27.0 Å². The quantitative estimate of drug-likeness (QED) is 0.0672. The number of nitrogens with zero attached hydrogens (tertiary/aromatic N) is 4. The first-order chi connectivity index (χ1) is 27.5. The van der Waals surface area contributed by atoms with Crippen molar-refractivity contribution in [3.8, 4) is 11.3 Å². The number of aromatic nitrogens is 1. The Kier molecular flexibility index (Phi) is 17.8. The molecule has 2 aromatic rings. The largest absolute Gasteiger partial charge is 0.510 e. The highest BCUT2D eigenvalue weighted by Gasteiger charge is 2.39. The predicted octanol–water partition coefficient (Wildman–Crippen LogP) is 4.64. The van der Waals surface area contributed by atoms with E-state index in [1.165, 1.54) is 9.80 Å². The van der Waals surface area contributed by atoms with E-state index >= 15 is 0 Å². The predicted molar refractivity (Wildman–Crippen MR) is 204 cm³/mol. The zero-order valence-corrected chi connectivity index (χ0v) is 33.6. The monoisotopic (exact) mass is 821 g/mol. The Morgan fingerprint density at radius 2 is 1.47 bits per heavy atom. The number of nitrogens with one attached hydrogen (secondary N) is 1. The minimum atomic E-state index is -4.57. The van der Waals surface area contributed by atoms with Crippen molar-refractivity contribution in [3.05, 3.63) is 48.2 Å². The fourth-order valence-electron chi connectivity index (χ4n) is 5.86. The number of methoxy groups -OCH3 is 1. The third kappa shape index (κ3) is 13.9. The van der Waals surface area contributed by atoms with Crippen LogP contribution in [0.4, 0.5) is 20.1 Å². The normalized spacial score (nSPS) is 16.1. The molecule has 2 fully saturated rings. The summed E-state index contributed by atoms with van der Waals surface area (Å²) >= 11 is 0. The number of anilines is 1. The van der Waals surface area contributed by atoms with Gasteiger partial charge in [-0.05, 0) is 38.8 Å². The van der Waals surface area contributed by atoms with Gasteiger partial charge >= 0.3 is 26.0 Å². The van der Waals surface area contributed by atoms with Crippen LogP contribution < -0.4 is 10.2 Å². The maximum Gasteiger partial charge on any atom is 0.510 e. The summed E-state index contributed by atoms with van der Waals surface area (Å²) in [5.74, 6) is -1.47. The number of amides is 3. The van der Waals surface area contributed by atoms with Crippen molar-refractivity contribution in [2.75, 3.05) is 90.8 Å². The molecule has 20 heteroatoms. The molecule has 4 rings (SSSR count). The SMILES string of the molecule is CCCCOC(=O)N1CCN(C(=O)[C@H](CP(=O)(OCOC(=O)OCC)OCOC(=O)OCC)NC(=O)c2cc(N3CC[C@H](OC)C3)cc(-c3ccccc3)n2)CC1. The fourth-order valence-corrected chi connectivity index (χ4v) is 7.27. The van der Waals surface area contributed by atoms with Gasteiger partial charge in [0.25, 0.3) is 5.91 Å². The summed E-state index contributed by atoms with van der Waals surface area (Å²) in [5.41, 5.74) is 1.89. The van der Waals surface area contributed by atoms with E-state index in [0.29, 0.717) is 30.9 Å². The van der Waals surface area contributed by atoms with Gasteiger partial charge in [0.2, 0.25) is 19.5 Å². The Morgan fingerprint density at radius 1 is 0.842 bits per heavy atom. The summed E-state index contributed by atoms with van der Waals surface area (Å²) in [4.78, 5) is 74.4. The molecule has 1 N–H and O–H groups in total. The number of unbranched alkanes of at least 4 members (excludes halogenated alkanes) is 1. The second kappa shape index (κ2) is 22.7. The van der Waals surface area contributed by atoms with Crippen molar-refractivity contribution in [3.63, 3.8) is 0 Å². The summed E-state index contributed by atoms with van der Waals surface area (Å²) in [6, 6.07) is 11.1. The second-order valence-electron chi connectivity index (χ2n) is 12.8. The van der Waals surface area contributed by atoms with E-state index in [4.69, 9.17) is 37.5 Å². The van der Waals surface area contributed by atoms with Crippen molar-refractivity contribution in [1.29, 1.82) is 0 Å². The number of pyridine rings is 1. The lowest BCUT2D eigenvalue weighted by Gasteiger charge is -2.36. The number of ether oxygens (including phenoxy) is 6. The van der Waals surface area contributed by atoms with Gasteiger partial charge < -0.3 is 48.4 Å². The Labute approximate surface area is 331 Å². The molecule has 0 unspecified atom stereocenters. The molecule has 2 saturated heterocycles. The molecular weight excluding hydrogens is 769 g/mol. The first kappa shape index (κ1) is 44.7. The molecule has 57 heavy (non-hydrogen) atoms. The highest BCUT2D eigenvalue weighted by Crippen LogP contribution is 2.49. The zero-order chi connectivity index (χ0) is 41.2. The van der Waals surface area contributed by atoms with Crippen LogP contribution in [-0.4, -0.2) is 143 Å². The molecule has 0 aliphatic carbocycles. The molecule has 0 spiro atoms. The third-order valence-corrected chi connectivity index (χ3v) is 10.7. The zero-order valence-electron chi connectivity index (χ0n) is 32.8. The Morgan fingerprint density at radius 3 is 2.05 bits per heavy atom. The maximum atomic E-state index is 14.3. The van der Waals surface area contributed by atoms with Gasteiger partial charge in [0, 0.05) is 57.6 Å². The van der Waals surface area contributed by atoms with Crippen molar-refractivity contribution in [2.24, 2.45) is 0 Å². The Hall–Kier alpha value is -4.97. The number of hydrogen-bond donors (Lipinski definition) is 1. The smallest absolute Gasteiger partial charge is 0.449 e. The number of hydrogen-bond acceptors (Lipinski definition) is 16. The topological polar surface area (TPSA) is 211 Å². The van der Waals surface area contributed by atoms with Crippen LogP contribution in [0.2, 0.25) is 0 Å². The summed E-state index contributed by atoms with van der Waals surface area (Å²) < 4.78 is 55.0. The molecular formula is C37H52N5O14P. The Balaban J connectivity index is 1.64. The average Bonchev–Trinajstić information content (AvgIpc) is 3.71. The van der Waals surface area contributed by atoms with Gasteiger partial charge in [-0.1, -0.05) is 43.7 Å². The van der Waals surface area contributed by atoms with Gasteiger partial charge in [0.15, 0.2) is 0 Å². The minimum absolute atomic E-state index is 0.00829. The van der Waals surface area contributed by atoms with Crippen molar-refractivity contribution < 1.29 is 66.0 Å². The molecule has 0 radical (unpaired) electrons. The summed E-state index contributed by atoms with van der Waals surface area (Å²) in [6.07, 6.45) is -1.25. The molecule has 314 valence electrons. The molecule has 2 aliphatic heterocycles. The van der Waals surface area contributed by atoms with E-state index in [1.807, 2.05) is 43.3 Å². The van der Waals surface area contributed by atoms with Crippen LogP contribution >= 0.6 is 7.60 Å². The van der Waals surface area contributed by atoms with Crippen molar-refractivity contribution in [2.45, 2.75) is 52.2 Å². The summed E-state index contributed by atoms with van der Waals surface area (Å²) in [6.45, 7) is 5.04. The van der Waals surface area contributed by atoms with Gasteiger partial charge in [-0.15, -0.1) is 0 Å². The number of piperazine rings is 1. The van der Waals surface area contributed by atoms with E-state index in [9.17, 15) is 28.5 Å². The summed E-state index contributed by atoms with van der Waals surface area (Å²) in [7, 11) is -2.93. The molecule has 3 heterocycles. The van der Waals surface area contributed by atoms with Crippen LogP contribution in [-0.2, 0) is 46.8 Å². The van der Waals surface area contributed by atoms with Crippen LogP contribution in [0.15, 0.2) is 42.5 Å². The molecule has 2 atom stereocenters. The summed E-state index contributed by atoms with van der Waals surface area (Å²) in [5, 5.41) is 2.67. The van der Waals surface area contributed by atoms with Crippen LogP contribution in [0.25, 0.3) is 11.3 Å². The highest BCUT2D eigenvalue weighted by atomic mass is 31.2. The highest BCUT2D eigenvalue weighted by molar-refractivity contribution is 7.54. The van der Waals surface area contributed by atoms with Gasteiger partial charge in [0.05, 0.1) is 37.8 Å². The third-order valence-electron chi connectivity index (χ3n) is 8.92. The van der Waals surface area contributed by atoms with Crippen LogP contribution in [0.1, 0.15) is 50.5 Å². The molecule has 0 saturated carbocycles.